The standard InChI is InChI=1S/C14H19ClN4/c15-10-3-6-12-13(8-10)18-14(17-12)7-9-1-4-11(19-16)5-2-9/h3,6,8-9,11,19H,1-2,4-5,7,16H2,(H,17,18). The van der Waals surface area contributed by atoms with Crippen molar-refractivity contribution in [1.82, 2.24) is 15.4 Å². The quantitative estimate of drug-likeness (QED) is 0.597. The van der Waals surface area contributed by atoms with E-state index in [1.54, 1.807) is 0 Å². The minimum Gasteiger partial charge on any atom is -0.342 e. The number of nitrogens with one attached hydrogen (secondary N) is 2. The van der Waals surface area contributed by atoms with Crippen LogP contribution in [0.25, 0.3) is 11.0 Å². The molecule has 0 saturated heterocycles. The smallest absolute Gasteiger partial charge is 0.107 e. The summed E-state index contributed by atoms with van der Waals surface area (Å²) in [5.74, 6) is 7.27. The number of H-pyrrole nitrogens is 1. The largest absolute Gasteiger partial charge is 0.342 e. The van der Waals surface area contributed by atoms with Gasteiger partial charge in [-0.05, 0) is 49.8 Å². The third-order valence-corrected chi connectivity index (χ3v) is 4.29. The van der Waals surface area contributed by atoms with Crippen LogP contribution in [0.5, 0.6) is 0 Å². The molecule has 1 heterocycles. The van der Waals surface area contributed by atoms with Gasteiger partial charge in [0.05, 0.1) is 11.0 Å². The highest BCUT2D eigenvalue weighted by molar-refractivity contribution is 6.31. The van der Waals surface area contributed by atoms with Crippen molar-refractivity contribution in [3.05, 3.63) is 29.0 Å². The first-order valence-corrected chi connectivity index (χ1v) is 7.22. The number of halogens is 1. The van der Waals surface area contributed by atoms with E-state index in [1.165, 1.54) is 12.8 Å². The first-order chi connectivity index (χ1) is 9.24. The normalized spacial score (nSPS) is 23.9. The van der Waals surface area contributed by atoms with Crippen LogP contribution in [0.3, 0.4) is 0 Å². The van der Waals surface area contributed by atoms with Crippen molar-refractivity contribution in [3.8, 4) is 0 Å². The molecule has 1 aliphatic carbocycles. The molecule has 1 aliphatic rings. The van der Waals surface area contributed by atoms with Gasteiger partial charge in [0.15, 0.2) is 0 Å². The van der Waals surface area contributed by atoms with Gasteiger partial charge in [-0.25, -0.2) is 4.98 Å². The number of nitrogens with zero attached hydrogens (tertiary/aromatic N) is 1. The summed E-state index contributed by atoms with van der Waals surface area (Å²) >= 11 is 5.99. The first-order valence-electron chi connectivity index (χ1n) is 6.85. The number of benzene rings is 1. The van der Waals surface area contributed by atoms with Gasteiger partial charge in [-0.2, -0.15) is 0 Å². The van der Waals surface area contributed by atoms with Crippen LogP contribution >= 0.6 is 11.6 Å². The van der Waals surface area contributed by atoms with Crippen molar-refractivity contribution in [3.63, 3.8) is 0 Å². The second kappa shape index (κ2) is 5.49. The Morgan fingerprint density at radius 3 is 2.84 bits per heavy atom. The number of hydrazine groups is 1. The number of nitrogens with two attached hydrogens (primary N) is 1. The van der Waals surface area contributed by atoms with Gasteiger partial charge >= 0.3 is 0 Å². The zero-order chi connectivity index (χ0) is 13.2. The summed E-state index contributed by atoms with van der Waals surface area (Å²) in [5, 5.41) is 0.747. The van der Waals surface area contributed by atoms with Crippen molar-refractivity contribution in [2.75, 3.05) is 0 Å². The van der Waals surface area contributed by atoms with Gasteiger partial charge in [0.1, 0.15) is 5.82 Å². The summed E-state index contributed by atoms with van der Waals surface area (Å²) in [6.45, 7) is 0. The highest BCUT2D eigenvalue weighted by Crippen LogP contribution is 2.27. The fraction of sp³-hybridized carbons (Fsp3) is 0.500. The molecule has 0 bridgehead atoms. The van der Waals surface area contributed by atoms with Crippen LogP contribution in [0.4, 0.5) is 0 Å². The molecule has 1 aromatic heterocycles. The van der Waals surface area contributed by atoms with Crippen LogP contribution in [0.15, 0.2) is 18.2 Å². The zero-order valence-electron chi connectivity index (χ0n) is 10.8. The van der Waals surface area contributed by atoms with E-state index in [0.717, 1.165) is 41.1 Å². The SMILES string of the molecule is NNC1CCC(Cc2nc3ccc(Cl)cc3[nH]2)CC1. The second-order valence-corrected chi connectivity index (χ2v) is 5.87. The Bertz CT molecular complexity index is 558. The molecule has 19 heavy (non-hydrogen) atoms. The third-order valence-electron chi connectivity index (χ3n) is 4.06. The molecule has 2 aromatic rings. The van der Waals surface area contributed by atoms with Crippen LogP contribution in [0, 0.1) is 5.92 Å². The molecule has 1 aromatic carbocycles. The molecule has 0 atom stereocenters. The molecule has 0 unspecified atom stereocenters. The molecule has 5 heteroatoms. The molecule has 1 saturated carbocycles. The molecule has 0 amide bonds. The van der Waals surface area contributed by atoms with E-state index >= 15 is 0 Å². The topological polar surface area (TPSA) is 66.7 Å². The molecule has 1 fully saturated rings. The van der Waals surface area contributed by atoms with E-state index in [9.17, 15) is 0 Å². The molecule has 4 N–H and O–H groups in total. The zero-order valence-corrected chi connectivity index (χ0v) is 11.6. The van der Waals surface area contributed by atoms with Crippen molar-refractivity contribution in [1.29, 1.82) is 0 Å². The fourth-order valence-corrected chi connectivity index (χ4v) is 3.11. The number of hydrogen-bond donors (Lipinski definition) is 3. The molecule has 0 spiro atoms. The molecular formula is C14H19ClN4. The summed E-state index contributed by atoms with van der Waals surface area (Å²) in [7, 11) is 0. The maximum Gasteiger partial charge on any atom is 0.107 e. The number of aromatic nitrogens is 2. The van der Waals surface area contributed by atoms with E-state index in [4.69, 9.17) is 17.4 Å². The summed E-state index contributed by atoms with van der Waals surface area (Å²) in [4.78, 5) is 8.01. The van der Waals surface area contributed by atoms with Crippen molar-refractivity contribution >= 4 is 22.6 Å². The van der Waals surface area contributed by atoms with E-state index < -0.39 is 0 Å². The second-order valence-electron chi connectivity index (χ2n) is 5.43. The maximum absolute atomic E-state index is 5.99. The monoisotopic (exact) mass is 278 g/mol. The Kier molecular flexibility index (Phi) is 3.73. The first kappa shape index (κ1) is 12.9. The Morgan fingerprint density at radius 2 is 2.11 bits per heavy atom. The molecule has 3 rings (SSSR count). The van der Waals surface area contributed by atoms with Gasteiger partial charge in [0.2, 0.25) is 0 Å². The van der Waals surface area contributed by atoms with Gasteiger partial charge in [0.25, 0.3) is 0 Å². The minimum atomic E-state index is 0.491. The fourth-order valence-electron chi connectivity index (χ4n) is 2.94. The number of aromatic amines is 1. The Morgan fingerprint density at radius 1 is 1.32 bits per heavy atom. The number of rotatable bonds is 3. The van der Waals surface area contributed by atoms with Crippen LogP contribution < -0.4 is 11.3 Å². The van der Waals surface area contributed by atoms with E-state index in [1.807, 2.05) is 18.2 Å². The predicted molar refractivity (Wildman–Crippen MR) is 77.9 cm³/mol. The lowest BCUT2D eigenvalue weighted by Gasteiger charge is -2.27. The van der Waals surface area contributed by atoms with Crippen LogP contribution in [-0.4, -0.2) is 16.0 Å². The molecular weight excluding hydrogens is 260 g/mol. The molecule has 102 valence electrons. The summed E-state index contributed by atoms with van der Waals surface area (Å²) in [5.41, 5.74) is 4.90. The molecule has 4 nitrogen and oxygen atoms in total. The van der Waals surface area contributed by atoms with Gasteiger partial charge < -0.3 is 4.98 Å². The Balaban J connectivity index is 1.68. The number of imidazole rings is 1. The van der Waals surface area contributed by atoms with Crippen LogP contribution in [0.1, 0.15) is 31.5 Å². The van der Waals surface area contributed by atoms with Gasteiger partial charge in [-0.1, -0.05) is 11.6 Å². The summed E-state index contributed by atoms with van der Waals surface area (Å²) in [6, 6.07) is 6.27. The average molecular weight is 279 g/mol. The Labute approximate surface area is 117 Å². The summed E-state index contributed by atoms with van der Waals surface area (Å²) in [6.07, 6.45) is 5.77. The van der Waals surface area contributed by atoms with Crippen molar-refractivity contribution in [2.24, 2.45) is 11.8 Å². The number of fused-ring (bicyclic) bond motifs is 1. The Hall–Kier alpha value is -1.10. The van der Waals surface area contributed by atoms with Gasteiger partial charge in [0, 0.05) is 17.5 Å². The van der Waals surface area contributed by atoms with Crippen LogP contribution in [-0.2, 0) is 6.42 Å². The van der Waals surface area contributed by atoms with Crippen molar-refractivity contribution < 1.29 is 0 Å². The lowest BCUT2D eigenvalue weighted by atomic mass is 9.84. The van der Waals surface area contributed by atoms with E-state index in [-0.39, 0.29) is 0 Å². The maximum atomic E-state index is 5.99. The molecule has 0 aliphatic heterocycles. The lowest BCUT2D eigenvalue weighted by Crippen LogP contribution is -2.38. The highest BCUT2D eigenvalue weighted by atomic mass is 35.5. The van der Waals surface area contributed by atoms with Crippen molar-refractivity contribution in [2.45, 2.75) is 38.1 Å². The summed E-state index contributed by atoms with van der Waals surface area (Å²) < 4.78 is 0. The highest BCUT2D eigenvalue weighted by Gasteiger charge is 2.21. The van der Waals surface area contributed by atoms with E-state index in [0.29, 0.717) is 12.0 Å². The number of hydrogen-bond acceptors (Lipinski definition) is 3. The molecule has 0 radical (unpaired) electrons. The lowest BCUT2D eigenvalue weighted by molar-refractivity contribution is 0.290. The predicted octanol–water partition coefficient (Wildman–Crippen LogP) is 2.78. The van der Waals surface area contributed by atoms with Crippen LogP contribution in [0.2, 0.25) is 5.02 Å². The van der Waals surface area contributed by atoms with Gasteiger partial charge in [-0.15, -0.1) is 0 Å². The van der Waals surface area contributed by atoms with E-state index in [2.05, 4.69) is 15.4 Å². The average Bonchev–Trinajstić information content (AvgIpc) is 2.81. The minimum absolute atomic E-state index is 0.491. The third kappa shape index (κ3) is 2.91. The van der Waals surface area contributed by atoms with Gasteiger partial charge in [-0.3, -0.25) is 11.3 Å².